The van der Waals surface area contributed by atoms with Gasteiger partial charge in [0.05, 0.1) is 0 Å². The predicted molar refractivity (Wildman–Crippen MR) is 67.8 cm³/mol. The van der Waals surface area contributed by atoms with E-state index in [9.17, 15) is 0 Å². The Labute approximate surface area is 95.8 Å². The zero-order valence-corrected chi connectivity index (χ0v) is 11.1. The van der Waals surface area contributed by atoms with E-state index in [2.05, 4.69) is 27.7 Å². The third-order valence-electron chi connectivity index (χ3n) is 3.93. The van der Waals surface area contributed by atoms with Crippen LogP contribution in [0.3, 0.4) is 0 Å². The average molecular weight is 211 g/mol. The molecule has 0 saturated heterocycles. The molecular weight excluding hydrogens is 182 g/mol. The van der Waals surface area contributed by atoms with E-state index in [0.29, 0.717) is 11.5 Å². The highest BCUT2D eigenvalue weighted by atomic mass is 14.7. The first kappa shape index (κ1) is 13.0. The van der Waals surface area contributed by atoms with Gasteiger partial charge >= 0.3 is 0 Å². The first-order chi connectivity index (χ1) is 6.91. The Morgan fingerprint density at radius 2 is 2.00 bits per heavy atom. The Balaban J connectivity index is 2.32. The lowest BCUT2D eigenvalue weighted by Gasteiger charge is -2.39. The van der Waals surface area contributed by atoms with E-state index in [0.717, 1.165) is 11.8 Å². The van der Waals surface area contributed by atoms with Crippen LogP contribution in [0.15, 0.2) is 0 Å². The Bertz CT molecular complexity index is 184. The van der Waals surface area contributed by atoms with Gasteiger partial charge in [0.1, 0.15) is 0 Å². The van der Waals surface area contributed by atoms with Crippen LogP contribution in [0.5, 0.6) is 0 Å². The third-order valence-corrected chi connectivity index (χ3v) is 3.93. The molecule has 1 rings (SSSR count). The van der Waals surface area contributed by atoms with Crippen molar-refractivity contribution in [2.24, 2.45) is 23.0 Å². The quantitative estimate of drug-likeness (QED) is 0.748. The van der Waals surface area contributed by atoms with Crippen LogP contribution >= 0.6 is 0 Å². The van der Waals surface area contributed by atoms with Gasteiger partial charge in [-0.3, -0.25) is 0 Å². The molecule has 1 nitrogen and oxygen atoms in total. The first-order valence-corrected chi connectivity index (χ1v) is 6.66. The molecule has 0 spiro atoms. The average Bonchev–Trinajstić information content (AvgIpc) is 2.10. The van der Waals surface area contributed by atoms with Crippen molar-refractivity contribution in [1.29, 1.82) is 0 Å². The van der Waals surface area contributed by atoms with Crippen LogP contribution in [0, 0.1) is 17.3 Å². The SMILES string of the molecule is CC(C)CCCC1CC(C)(C)CCC1N. The zero-order chi connectivity index (χ0) is 11.5. The lowest BCUT2D eigenvalue weighted by Crippen LogP contribution is -2.39. The number of hydrogen-bond acceptors (Lipinski definition) is 1. The van der Waals surface area contributed by atoms with Crippen LogP contribution in [-0.4, -0.2) is 6.04 Å². The summed E-state index contributed by atoms with van der Waals surface area (Å²) < 4.78 is 0. The van der Waals surface area contributed by atoms with Crippen molar-refractivity contribution in [3.63, 3.8) is 0 Å². The van der Waals surface area contributed by atoms with Crippen molar-refractivity contribution < 1.29 is 0 Å². The van der Waals surface area contributed by atoms with Crippen molar-refractivity contribution in [1.82, 2.24) is 0 Å². The lowest BCUT2D eigenvalue weighted by atomic mass is 9.69. The molecule has 90 valence electrons. The monoisotopic (exact) mass is 211 g/mol. The molecule has 0 aliphatic heterocycles. The van der Waals surface area contributed by atoms with E-state index >= 15 is 0 Å². The van der Waals surface area contributed by atoms with Crippen LogP contribution in [0.25, 0.3) is 0 Å². The lowest BCUT2D eigenvalue weighted by molar-refractivity contribution is 0.147. The molecule has 2 atom stereocenters. The molecule has 0 amide bonds. The van der Waals surface area contributed by atoms with Gasteiger partial charge in [0, 0.05) is 6.04 Å². The van der Waals surface area contributed by atoms with E-state index in [1.54, 1.807) is 0 Å². The maximum atomic E-state index is 6.22. The van der Waals surface area contributed by atoms with E-state index < -0.39 is 0 Å². The minimum absolute atomic E-state index is 0.477. The minimum atomic E-state index is 0.477. The van der Waals surface area contributed by atoms with Crippen LogP contribution in [-0.2, 0) is 0 Å². The van der Waals surface area contributed by atoms with Crippen LogP contribution in [0.1, 0.15) is 66.2 Å². The standard InChI is InChI=1S/C14H29N/c1-11(2)6-5-7-12-10-14(3,4)9-8-13(12)15/h11-13H,5-10,15H2,1-4H3. The number of rotatable bonds is 4. The molecular formula is C14H29N. The van der Waals surface area contributed by atoms with Crippen molar-refractivity contribution in [3.05, 3.63) is 0 Å². The summed E-state index contributed by atoms with van der Waals surface area (Å²) in [5.74, 6) is 1.63. The molecule has 0 bridgehead atoms. The van der Waals surface area contributed by atoms with Gasteiger partial charge in [0.25, 0.3) is 0 Å². The second kappa shape index (κ2) is 5.34. The first-order valence-electron chi connectivity index (χ1n) is 6.66. The largest absolute Gasteiger partial charge is 0.327 e. The number of nitrogens with two attached hydrogens (primary N) is 1. The molecule has 2 unspecified atom stereocenters. The molecule has 1 fully saturated rings. The summed E-state index contributed by atoms with van der Waals surface area (Å²) in [6, 6.07) is 0.477. The van der Waals surface area contributed by atoms with Gasteiger partial charge in [0.2, 0.25) is 0 Å². The summed E-state index contributed by atoms with van der Waals surface area (Å²) in [6.07, 6.45) is 7.97. The predicted octanol–water partition coefficient (Wildman–Crippen LogP) is 3.97. The number of hydrogen-bond donors (Lipinski definition) is 1. The Hall–Kier alpha value is -0.0400. The molecule has 1 saturated carbocycles. The summed E-state index contributed by atoms with van der Waals surface area (Å²) >= 11 is 0. The molecule has 15 heavy (non-hydrogen) atoms. The van der Waals surface area contributed by atoms with E-state index in [-0.39, 0.29) is 0 Å². The Morgan fingerprint density at radius 1 is 1.33 bits per heavy atom. The Morgan fingerprint density at radius 3 is 2.60 bits per heavy atom. The van der Waals surface area contributed by atoms with Crippen LogP contribution in [0.4, 0.5) is 0 Å². The van der Waals surface area contributed by atoms with Crippen LogP contribution in [0.2, 0.25) is 0 Å². The van der Waals surface area contributed by atoms with Gasteiger partial charge in [-0.05, 0) is 42.9 Å². The van der Waals surface area contributed by atoms with E-state index in [1.165, 1.54) is 38.5 Å². The summed E-state index contributed by atoms with van der Waals surface area (Å²) in [5.41, 5.74) is 6.76. The van der Waals surface area contributed by atoms with E-state index in [1.807, 2.05) is 0 Å². The van der Waals surface area contributed by atoms with Crippen molar-refractivity contribution >= 4 is 0 Å². The smallest absolute Gasteiger partial charge is 0.00675 e. The van der Waals surface area contributed by atoms with Gasteiger partial charge in [-0.2, -0.15) is 0 Å². The summed E-state index contributed by atoms with van der Waals surface area (Å²) in [7, 11) is 0. The highest BCUT2D eigenvalue weighted by Gasteiger charge is 2.32. The molecule has 2 N–H and O–H groups in total. The molecule has 1 heteroatoms. The van der Waals surface area contributed by atoms with Gasteiger partial charge < -0.3 is 5.73 Å². The third kappa shape index (κ3) is 4.55. The minimum Gasteiger partial charge on any atom is -0.327 e. The maximum Gasteiger partial charge on any atom is 0.00675 e. The van der Waals surface area contributed by atoms with Gasteiger partial charge in [-0.1, -0.05) is 40.5 Å². The van der Waals surface area contributed by atoms with Gasteiger partial charge in [-0.25, -0.2) is 0 Å². The normalized spacial score (nSPS) is 30.8. The topological polar surface area (TPSA) is 26.0 Å². The summed E-state index contributed by atoms with van der Waals surface area (Å²) in [6.45, 7) is 9.41. The fourth-order valence-corrected chi connectivity index (χ4v) is 2.86. The fourth-order valence-electron chi connectivity index (χ4n) is 2.86. The zero-order valence-electron chi connectivity index (χ0n) is 11.1. The Kier molecular flexibility index (Phi) is 4.64. The van der Waals surface area contributed by atoms with Gasteiger partial charge in [0.15, 0.2) is 0 Å². The van der Waals surface area contributed by atoms with Crippen molar-refractivity contribution in [3.8, 4) is 0 Å². The van der Waals surface area contributed by atoms with Crippen molar-refractivity contribution in [2.45, 2.75) is 72.3 Å². The van der Waals surface area contributed by atoms with Crippen molar-refractivity contribution in [2.75, 3.05) is 0 Å². The fraction of sp³-hybridized carbons (Fsp3) is 1.00. The summed E-state index contributed by atoms with van der Waals surface area (Å²) in [5, 5.41) is 0. The maximum absolute atomic E-state index is 6.22. The molecule has 0 aromatic carbocycles. The molecule has 0 radical (unpaired) electrons. The molecule has 1 aliphatic carbocycles. The van der Waals surface area contributed by atoms with Gasteiger partial charge in [-0.15, -0.1) is 0 Å². The highest BCUT2D eigenvalue weighted by molar-refractivity contribution is 4.86. The van der Waals surface area contributed by atoms with E-state index in [4.69, 9.17) is 5.73 Å². The van der Waals surface area contributed by atoms with Crippen LogP contribution < -0.4 is 5.73 Å². The molecule has 0 heterocycles. The molecule has 0 aromatic heterocycles. The second-order valence-electron chi connectivity index (χ2n) is 6.66. The summed E-state index contributed by atoms with van der Waals surface area (Å²) in [4.78, 5) is 0. The second-order valence-corrected chi connectivity index (χ2v) is 6.66. The highest BCUT2D eigenvalue weighted by Crippen LogP contribution is 2.40. The molecule has 1 aliphatic rings. The molecule has 0 aromatic rings.